The van der Waals surface area contributed by atoms with Gasteiger partial charge < -0.3 is 20.0 Å². The van der Waals surface area contributed by atoms with Crippen molar-refractivity contribution in [1.82, 2.24) is 14.1 Å². The van der Waals surface area contributed by atoms with Crippen LogP contribution in [0.4, 0.5) is 20.5 Å². The van der Waals surface area contributed by atoms with E-state index in [9.17, 15) is 23.6 Å². The number of ether oxygens (including phenoxy) is 2. The number of pyridine rings is 1. The van der Waals surface area contributed by atoms with Gasteiger partial charge >= 0.3 is 18.0 Å². The molecule has 11 nitrogen and oxygen atoms in total. The van der Waals surface area contributed by atoms with Crippen molar-refractivity contribution in [3.05, 3.63) is 108 Å². The van der Waals surface area contributed by atoms with Gasteiger partial charge in [-0.25, -0.2) is 18.9 Å². The molecule has 0 radical (unpaired) electrons. The first kappa shape index (κ1) is 27.6. The summed E-state index contributed by atoms with van der Waals surface area (Å²) in [6, 6.07) is 13.0. The van der Waals surface area contributed by atoms with Crippen molar-refractivity contribution in [3.63, 3.8) is 0 Å². The summed E-state index contributed by atoms with van der Waals surface area (Å²) in [6.07, 6.45) is 0.736. The third kappa shape index (κ3) is 5.83. The van der Waals surface area contributed by atoms with Crippen LogP contribution in [-0.2, 0) is 26.1 Å². The normalized spacial score (nSPS) is 12.3. The van der Waals surface area contributed by atoms with E-state index in [0.717, 1.165) is 33.4 Å². The zero-order valence-electron chi connectivity index (χ0n) is 22.4. The number of benzene rings is 2. The van der Waals surface area contributed by atoms with E-state index in [1.165, 1.54) is 28.8 Å². The minimum Gasteiger partial charge on any atom is -0.710 e. The van der Waals surface area contributed by atoms with Crippen molar-refractivity contribution < 1.29 is 23.0 Å². The molecule has 4 aromatic rings. The molecule has 0 aliphatic carbocycles. The summed E-state index contributed by atoms with van der Waals surface area (Å²) in [5.74, 6) is 0.700. The second-order valence-corrected chi connectivity index (χ2v) is 9.72. The Morgan fingerprint density at radius 1 is 1.10 bits per heavy atom. The van der Waals surface area contributed by atoms with Crippen molar-refractivity contribution >= 4 is 11.8 Å². The topological polar surface area (TPSA) is 140 Å². The van der Waals surface area contributed by atoms with E-state index in [0.29, 0.717) is 28.2 Å². The smallest absolute Gasteiger partial charge is 0.387 e. The number of nitrogen functional groups attached to an aromatic ring is 1. The predicted molar refractivity (Wildman–Crippen MR) is 146 cm³/mol. The van der Waals surface area contributed by atoms with Crippen LogP contribution in [0.3, 0.4) is 0 Å². The molecule has 2 aromatic carbocycles. The predicted octanol–water partition coefficient (Wildman–Crippen LogP) is 2.48. The van der Waals surface area contributed by atoms with E-state index in [-0.39, 0.29) is 37.1 Å². The third-order valence-electron chi connectivity index (χ3n) is 6.91. The summed E-state index contributed by atoms with van der Waals surface area (Å²) in [6.45, 7) is 1.00. The number of aromatic nitrogens is 4. The van der Waals surface area contributed by atoms with Crippen molar-refractivity contribution in [2.75, 3.05) is 17.7 Å². The largest absolute Gasteiger partial charge is 0.710 e. The molecule has 1 aliphatic rings. The van der Waals surface area contributed by atoms with Crippen LogP contribution >= 0.6 is 0 Å². The number of nitrogens with one attached hydrogen (secondary N) is 1. The molecule has 3 heterocycles. The molecule has 13 heteroatoms. The Bertz CT molecular complexity index is 1720. The highest BCUT2D eigenvalue weighted by molar-refractivity contribution is 5.44. The van der Waals surface area contributed by atoms with Gasteiger partial charge in [0.25, 0.3) is 5.82 Å². The van der Waals surface area contributed by atoms with Crippen LogP contribution in [0.2, 0.25) is 0 Å². The summed E-state index contributed by atoms with van der Waals surface area (Å²) < 4.78 is 38.0. The fourth-order valence-electron chi connectivity index (χ4n) is 4.79. The van der Waals surface area contributed by atoms with Crippen molar-refractivity contribution in [2.24, 2.45) is 0 Å². The van der Waals surface area contributed by atoms with E-state index in [1.807, 2.05) is 12.1 Å². The minimum absolute atomic E-state index is 0.00699. The Morgan fingerprint density at radius 3 is 2.54 bits per heavy atom. The molecule has 0 saturated carbocycles. The van der Waals surface area contributed by atoms with Gasteiger partial charge in [-0.2, -0.15) is 13.8 Å². The highest BCUT2D eigenvalue weighted by Crippen LogP contribution is 2.26. The molecule has 0 atom stereocenters. The molecular formula is C28H28F2N6O5. The van der Waals surface area contributed by atoms with Crippen LogP contribution in [0.25, 0.3) is 0 Å². The number of halogens is 2. The van der Waals surface area contributed by atoms with E-state index in [1.54, 1.807) is 26.0 Å². The number of nitrogens with zero attached hydrogens (tertiary/aromatic N) is 4. The fraction of sp³-hybridized carbons (Fsp3) is 0.286. The van der Waals surface area contributed by atoms with Crippen LogP contribution in [0.5, 0.6) is 11.5 Å². The first-order chi connectivity index (χ1) is 19.6. The van der Waals surface area contributed by atoms with Crippen LogP contribution in [0.15, 0.2) is 58.1 Å². The highest BCUT2D eigenvalue weighted by atomic mass is 19.3. The summed E-state index contributed by atoms with van der Waals surface area (Å²) >= 11 is 0. The molecule has 3 N–H and O–H groups in total. The maximum atomic E-state index is 13.7. The Labute approximate surface area is 233 Å². The van der Waals surface area contributed by atoms with Gasteiger partial charge in [-0.1, -0.05) is 24.3 Å². The number of rotatable bonds is 9. The lowest BCUT2D eigenvalue weighted by Gasteiger charge is -2.18. The van der Waals surface area contributed by atoms with Crippen molar-refractivity contribution in [3.8, 4) is 11.5 Å². The van der Waals surface area contributed by atoms with Crippen LogP contribution in [0.1, 0.15) is 33.5 Å². The van der Waals surface area contributed by atoms with Crippen molar-refractivity contribution in [1.29, 1.82) is 0 Å². The monoisotopic (exact) mass is 566 g/mol. The lowest BCUT2D eigenvalue weighted by Crippen LogP contribution is -2.43. The molecule has 0 saturated heterocycles. The quantitative estimate of drug-likeness (QED) is 0.233. The standard InChI is InChI=1S/C28H28F2N6O5/c1-16-11-17(2)36(39)24(31)22(16)13-32-26-33-27(37)35(15-19-5-8-23-20(12-19)9-10-40-23)28(38)34(26)14-18-3-6-21(7-4-18)41-25(29)30/h3-8,11-12,25H,9-10,13-15,31H2,1-2H3,(H,32,33,37). The van der Waals surface area contributed by atoms with Crippen LogP contribution in [0, 0.1) is 19.1 Å². The van der Waals surface area contributed by atoms with Gasteiger partial charge in [0.2, 0.25) is 5.95 Å². The Morgan fingerprint density at radius 2 is 1.80 bits per heavy atom. The molecule has 41 heavy (non-hydrogen) atoms. The zero-order valence-corrected chi connectivity index (χ0v) is 22.4. The van der Waals surface area contributed by atoms with Crippen molar-refractivity contribution in [2.45, 2.75) is 46.5 Å². The first-order valence-corrected chi connectivity index (χ1v) is 12.8. The summed E-state index contributed by atoms with van der Waals surface area (Å²) in [4.78, 5) is 31.0. The SMILES string of the molecule is Cc1cc(C)[n+]([O-])c(N)c1CNc1nc(=O)n(Cc2ccc3c(c2)CCO3)c(=O)n1Cc1ccc(OC(F)F)cc1. The molecule has 0 bridgehead atoms. The van der Waals surface area contributed by atoms with Gasteiger partial charge in [0.1, 0.15) is 17.2 Å². The number of alkyl halides is 2. The second-order valence-electron chi connectivity index (χ2n) is 9.72. The Balaban J connectivity index is 1.51. The van der Waals surface area contributed by atoms with Gasteiger partial charge in [-0.3, -0.25) is 10.3 Å². The summed E-state index contributed by atoms with van der Waals surface area (Å²) in [5.41, 5.74) is 8.62. The van der Waals surface area contributed by atoms with Gasteiger partial charge in [-0.05, 0) is 60.4 Å². The minimum atomic E-state index is -2.97. The van der Waals surface area contributed by atoms with Gasteiger partial charge in [-0.15, -0.1) is 0 Å². The fourth-order valence-corrected chi connectivity index (χ4v) is 4.79. The van der Waals surface area contributed by atoms with Gasteiger partial charge in [0, 0.05) is 6.42 Å². The average molecular weight is 567 g/mol. The van der Waals surface area contributed by atoms with Gasteiger partial charge in [0.05, 0.1) is 31.8 Å². The Hall–Kier alpha value is -4.94. The van der Waals surface area contributed by atoms with Crippen LogP contribution < -0.4 is 36.6 Å². The van der Waals surface area contributed by atoms with Gasteiger partial charge in [0.15, 0.2) is 0 Å². The maximum absolute atomic E-state index is 13.7. The lowest BCUT2D eigenvalue weighted by molar-refractivity contribution is -0.597. The first-order valence-electron chi connectivity index (χ1n) is 12.8. The number of hydrogen-bond donors (Lipinski definition) is 2. The maximum Gasteiger partial charge on any atom is 0.387 e. The second kappa shape index (κ2) is 11.3. The number of nitrogens with two attached hydrogens (primary N) is 1. The number of fused-ring (bicyclic) bond motifs is 1. The molecule has 0 spiro atoms. The average Bonchev–Trinajstić information content (AvgIpc) is 3.40. The molecular weight excluding hydrogens is 538 g/mol. The molecule has 1 aliphatic heterocycles. The summed E-state index contributed by atoms with van der Waals surface area (Å²) in [7, 11) is 0. The highest BCUT2D eigenvalue weighted by Gasteiger charge is 2.19. The van der Waals surface area contributed by atoms with E-state index in [2.05, 4.69) is 15.0 Å². The number of hydrogen-bond acceptors (Lipinski definition) is 8. The van der Waals surface area contributed by atoms with E-state index < -0.39 is 18.0 Å². The van der Waals surface area contributed by atoms with Crippen LogP contribution in [-0.4, -0.2) is 27.3 Å². The molecule has 0 fully saturated rings. The number of anilines is 2. The third-order valence-corrected chi connectivity index (χ3v) is 6.91. The molecule has 0 amide bonds. The number of aryl methyl sites for hydroxylation is 2. The molecule has 0 unspecified atom stereocenters. The zero-order chi connectivity index (χ0) is 29.3. The lowest BCUT2D eigenvalue weighted by atomic mass is 10.1. The molecule has 214 valence electrons. The Kier molecular flexibility index (Phi) is 7.60. The molecule has 2 aromatic heterocycles. The van der Waals surface area contributed by atoms with E-state index >= 15 is 0 Å². The summed E-state index contributed by atoms with van der Waals surface area (Å²) in [5, 5.41) is 15.3. The van der Waals surface area contributed by atoms with E-state index in [4.69, 9.17) is 10.5 Å². The molecule has 5 rings (SSSR count).